The van der Waals surface area contributed by atoms with Gasteiger partial charge in [0.1, 0.15) is 5.69 Å². The van der Waals surface area contributed by atoms with Gasteiger partial charge in [-0.15, -0.1) is 5.10 Å². The molecule has 0 aliphatic carbocycles. The van der Waals surface area contributed by atoms with Crippen molar-refractivity contribution in [1.29, 1.82) is 0 Å². The molecule has 4 nitrogen and oxygen atoms in total. The summed E-state index contributed by atoms with van der Waals surface area (Å²) in [6.45, 7) is 5.94. The van der Waals surface area contributed by atoms with Crippen LogP contribution in [0.2, 0.25) is 0 Å². The van der Waals surface area contributed by atoms with E-state index in [0.717, 1.165) is 11.4 Å². The van der Waals surface area contributed by atoms with Crippen molar-refractivity contribution >= 4 is 0 Å². The van der Waals surface area contributed by atoms with Gasteiger partial charge in [0.25, 0.3) is 0 Å². The Hall–Kier alpha value is -1.68. The molecule has 0 fully saturated rings. The Bertz CT molecular complexity index is 497. The van der Waals surface area contributed by atoms with Crippen LogP contribution in [0.1, 0.15) is 22.5 Å². The summed E-state index contributed by atoms with van der Waals surface area (Å²) in [5.41, 5.74) is 4.87. The minimum absolute atomic E-state index is 0.0728. The number of nitrogens with zero attached hydrogens (tertiary/aromatic N) is 3. The number of hydrogen-bond acceptors (Lipinski definition) is 3. The van der Waals surface area contributed by atoms with Crippen LogP contribution in [0.25, 0.3) is 5.69 Å². The first-order valence-corrected chi connectivity index (χ1v) is 5.22. The molecule has 84 valence electrons. The first-order valence-electron chi connectivity index (χ1n) is 5.22. The number of benzene rings is 1. The SMILES string of the molecule is Cc1cc(C)cc(-n2nnc(CO)c2C)c1. The lowest BCUT2D eigenvalue weighted by molar-refractivity contribution is 0.276. The second-order valence-electron chi connectivity index (χ2n) is 4.04. The van der Waals surface area contributed by atoms with Crippen molar-refractivity contribution in [1.82, 2.24) is 15.0 Å². The molecule has 0 saturated heterocycles. The summed E-state index contributed by atoms with van der Waals surface area (Å²) in [6.07, 6.45) is 0. The maximum atomic E-state index is 9.07. The molecular weight excluding hydrogens is 202 g/mol. The number of aromatic nitrogens is 3. The fourth-order valence-corrected chi connectivity index (χ4v) is 1.82. The van der Waals surface area contributed by atoms with Crippen LogP contribution in [0.3, 0.4) is 0 Å². The molecule has 1 aromatic carbocycles. The van der Waals surface area contributed by atoms with Gasteiger partial charge in [0, 0.05) is 0 Å². The van der Waals surface area contributed by atoms with Gasteiger partial charge < -0.3 is 5.11 Å². The van der Waals surface area contributed by atoms with E-state index in [-0.39, 0.29) is 6.61 Å². The lowest BCUT2D eigenvalue weighted by Crippen LogP contribution is -2.00. The summed E-state index contributed by atoms with van der Waals surface area (Å²) in [6, 6.07) is 6.22. The molecule has 0 aliphatic rings. The van der Waals surface area contributed by atoms with Gasteiger partial charge in [0.15, 0.2) is 0 Å². The first-order chi connectivity index (χ1) is 7.61. The number of hydrogen-bond donors (Lipinski definition) is 1. The molecule has 1 heterocycles. The van der Waals surface area contributed by atoms with E-state index in [4.69, 9.17) is 5.11 Å². The van der Waals surface area contributed by atoms with E-state index in [1.165, 1.54) is 11.1 Å². The van der Waals surface area contributed by atoms with E-state index in [2.05, 4.69) is 42.4 Å². The molecule has 0 aliphatic heterocycles. The highest BCUT2D eigenvalue weighted by Crippen LogP contribution is 2.15. The van der Waals surface area contributed by atoms with E-state index < -0.39 is 0 Å². The zero-order valence-electron chi connectivity index (χ0n) is 9.73. The average Bonchev–Trinajstić information content (AvgIpc) is 2.58. The molecule has 0 radical (unpaired) electrons. The Kier molecular flexibility index (Phi) is 2.75. The smallest absolute Gasteiger partial charge is 0.111 e. The quantitative estimate of drug-likeness (QED) is 0.832. The van der Waals surface area contributed by atoms with Crippen LogP contribution in [-0.2, 0) is 6.61 Å². The van der Waals surface area contributed by atoms with E-state index >= 15 is 0 Å². The number of aliphatic hydroxyl groups is 1. The predicted octanol–water partition coefficient (Wildman–Crippen LogP) is 1.68. The van der Waals surface area contributed by atoms with E-state index in [1.54, 1.807) is 4.68 Å². The predicted molar refractivity (Wildman–Crippen MR) is 61.5 cm³/mol. The van der Waals surface area contributed by atoms with Crippen LogP contribution in [0.5, 0.6) is 0 Å². The number of aryl methyl sites for hydroxylation is 2. The molecule has 0 amide bonds. The summed E-state index contributed by atoms with van der Waals surface area (Å²) >= 11 is 0. The van der Waals surface area contributed by atoms with Gasteiger partial charge >= 0.3 is 0 Å². The minimum Gasteiger partial charge on any atom is -0.390 e. The van der Waals surface area contributed by atoms with Crippen molar-refractivity contribution in [3.05, 3.63) is 40.7 Å². The van der Waals surface area contributed by atoms with Crippen LogP contribution >= 0.6 is 0 Å². The lowest BCUT2D eigenvalue weighted by Gasteiger charge is -2.06. The molecule has 0 spiro atoms. The van der Waals surface area contributed by atoms with Gasteiger partial charge in [-0.1, -0.05) is 11.3 Å². The van der Waals surface area contributed by atoms with Crippen molar-refractivity contribution in [3.63, 3.8) is 0 Å². The maximum absolute atomic E-state index is 9.07. The third kappa shape index (κ3) is 1.84. The average molecular weight is 217 g/mol. The van der Waals surface area contributed by atoms with Crippen molar-refractivity contribution in [2.24, 2.45) is 0 Å². The molecule has 1 N–H and O–H groups in total. The molecule has 4 heteroatoms. The Balaban J connectivity index is 2.54. The van der Waals surface area contributed by atoms with Crippen molar-refractivity contribution < 1.29 is 5.11 Å². The third-order valence-electron chi connectivity index (χ3n) is 2.59. The minimum atomic E-state index is -0.0728. The highest BCUT2D eigenvalue weighted by molar-refractivity contribution is 5.40. The van der Waals surface area contributed by atoms with Crippen molar-refractivity contribution in [2.45, 2.75) is 27.4 Å². The third-order valence-corrected chi connectivity index (χ3v) is 2.59. The summed E-state index contributed by atoms with van der Waals surface area (Å²) < 4.78 is 1.76. The van der Waals surface area contributed by atoms with Gasteiger partial charge in [0.05, 0.1) is 18.0 Å². The highest BCUT2D eigenvalue weighted by Gasteiger charge is 2.09. The fourth-order valence-electron chi connectivity index (χ4n) is 1.82. The van der Waals surface area contributed by atoms with Crippen LogP contribution in [0, 0.1) is 20.8 Å². The van der Waals surface area contributed by atoms with Crippen LogP contribution in [0.15, 0.2) is 18.2 Å². The normalized spacial score (nSPS) is 10.8. The lowest BCUT2D eigenvalue weighted by atomic mass is 10.1. The topological polar surface area (TPSA) is 50.9 Å². The van der Waals surface area contributed by atoms with Gasteiger partial charge in [0.2, 0.25) is 0 Å². The van der Waals surface area contributed by atoms with E-state index in [1.807, 2.05) is 6.92 Å². The molecule has 0 atom stereocenters. The van der Waals surface area contributed by atoms with Gasteiger partial charge in [-0.25, -0.2) is 4.68 Å². The Morgan fingerprint density at radius 1 is 1.12 bits per heavy atom. The Morgan fingerprint density at radius 2 is 1.75 bits per heavy atom. The van der Waals surface area contributed by atoms with Gasteiger partial charge in [-0.3, -0.25) is 0 Å². The van der Waals surface area contributed by atoms with E-state index in [9.17, 15) is 0 Å². The molecular formula is C12H15N3O. The fraction of sp³-hybridized carbons (Fsp3) is 0.333. The summed E-state index contributed by atoms with van der Waals surface area (Å²) in [7, 11) is 0. The molecule has 0 unspecified atom stereocenters. The van der Waals surface area contributed by atoms with Gasteiger partial charge in [-0.05, 0) is 44.0 Å². The number of aliphatic hydroxyl groups excluding tert-OH is 1. The second kappa shape index (κ2) is 4.06. The van der Waals surface area contributed by atoms with Crippen LogP contribution in [-0.4, -0.2) is 20.1 Å². The monoisotopic (exact) mass is 217 g/mol. The van der Waals surface area contributed by atoms with Crippen LogP contribution in [0.4, 0.5) is 0 Å². The molecule has 2 aromatic rings. The second-order valence-corrected chi connectivity index (χ2v) is 4.04. The molecule has 0 saturated carbocycles. The Labute approximate surface area is 94.5 Å². The van der Waals surface area contributed by atoms with E-state index in [0.29, 0.717) is 5.69 Å². The van der Waals surface area contributed by atoms with Crippen LogP contribution < -0.4 is 0 Å². The molecule has 2 rings (SSSR count). The van der Waals surface area contributed by atoms with Gasteiger partial charge in [-0.2, -0.15) is 0 Å². The zero-order chi connectivity index (χ0) is 11.7. The Morgan fingerprint density at radius 3 is 2.25 bits per heavy atom. The standard InChI is InChI=1S/C12H15N3O/c1-8-4-9(2)6-11(5-8)15-10(3)12(7-16)13-14-15/h4-6,16H,7H2,1-3H3. The summed E-state index contributed by atoms with van der Waals surface area (Å²) in [5, 5.41) is 17.1. The zero-order valence-corrected chi connectivity index (χ0v) is 9.73. The highest BCUT2D eigenvalue weighted by atomic mass is 16.3. The summed E-state index contributed by atoms with van der Waals surface area (Å²) in [4.78, 5) is 0. The number of rotatable bonds is 2. The largest absolute Gasteiger partial charge is 0.390 e. The summed E-state index contributed by atoms with van der Waals surface area (Å²) in [5.74, 6) is 0. The van der Waals surface area contributed by atoms with Crippen molar-refractivity contribution in [3.8, 4) is 5.69 Å². The maximum Gasteiger partial charge on any atom is 0.111 e. The van der Waals surface area contributed by atoms with Crippen molar-refractivity contribution in [2.75, 3.05) is 0 Å². The first kappa shape index (κ1) is 10.8. The molecule has 0 bridgehead atoms. The molecule has 16 heavy (non-hydrogen) atoms. The molecule has 1 aromatic heterocycles.